The topological polar surface area (TPSA) is 116 Å². The van der Waals surface area contributed by atoms with Crippen LogP contribution in [-0.2, 0) is 47.5 Å². The maximum Gasteiger partial charge on any atom is 0.303 e. The molecule has 0 aromatic rings. The highest BCUT2D eigenvalue weighted by Gasteiger charge is 2.50. The molecule has 1 fully saturated rings. The molecule has 0 spiro atoms. The Balaban J connectivity index is 2.72. The van der Waals surface area contributed by atoms with Crippen molar-refractivity contribution in [2.24, 2.45) is 0 Å². The molecule has 1 aliphatic heterocycles. The van der Waals surface area contributed by atoms with E-state index in [9.17, 15) is 14.4 Å². The SMILES string of the molecule is CC(=O)OC1[C@@H](OC(C)=O)C(OCCOCCOCCCl)O[C@@H](C)[C@@H]1OC(C)=O. The van der Waals surface area contributed by atoms with Crippen LogP contribution in [0.3, 0.4) is 0 Å². The summed E-state index contributed by atoms with van der Waals surface area (Å²) < 4.78 is 37.7. The van der Waals surface area contributed by atoms with Gasteiger partial charge >= 0.3 is 17.9 Å². The lowest BCUT2D eigenvalue weighted by Crippen LogP contribution is -2.61. The summed E-state index contributed by atoms with van der Waals surface area (Å²) in [6, 6.07) is 0. The van der Waals surface area contributed by atoms with Crippen LogP contribution < -0.4 is 0 Å². The summed E-state index contributed by atoms with van der Waals surface area (Å²) in [6.45, 7) is 6.81. The van der Waals surface area contributed by atoms with Gasteiger partial charge in [0.05, 0.1) is 39.1 Å². The van der Waals surface area contributed by atoms with Crippen molar-refractivity contribution >= 4 is 29.5 Å². The molecule has 0 amide bonds. The lowest BCUT2D eigenvalue weighted by Gasteiger charge is -2.43. The van der Waals surface area contributed by atoms with E-state index in [1.165, 1.54) is 20.8 Å². The maximum atomic E-state index is 11.6. The largest absolute Gasteiger partial charge is 0.456 e. The van der Waals surface area contributed by atoms with Crippen LogP contribution in [0.25, 0.3) is 0 Å². The van der Waals surface area contributed by atoms with Crippen molar-refractivity contribution in [3.05, 3.63) is 0 Å². The molecule has 10 nitrogen and oxygen atoms in total. The number of carbonyl (C=O) groups is 3. The lowest BCUT2D eigenvalue weighted by atomic mass is 9.99. The molecule has 1 rings (SSSR count). The van der Waals surface area contributed by atoms with Gasteiger partial charge in [-0.25, -0.2) is 0 Å². The van der Waals surface area contributed by atoms with Gasteiger partial charge in [0.1, 0.15) is 0 Å². The van der Waals surface area contributed by atoms with E-state index in [2.05, 4.69) is 0 Å². The van der Waals surface area contributed by atoms with Gasteiger partial charge in [-0.15, -0.1) is 11.6 Å². The summed E-state index contributed by atoms with van der Waals surface area (Å²) in [5.41, 5.74) is 0. The second-order valence-electron chi connectivity index (χ2n) is 6.22. The van der Waals surface area contributed by atoms with Gasteiger partial charge in [0, 0.05) is 26.7 Å². The van der Waals surface area contributed by atoms with Gasteiger partial charge in [-0.3, -0.25) is 14.4 Å². The molecule has 5 atom stereocenters. The number of carbonyl (C=O) groups excluding carboxylic acids is 3. The second-order valence-corrected chi connectivity index (χ2v) is 6.59. The minimum absolute atomic E-state index is 0.121. The minimum atomic E-state index is -1.12. The van der Waals surface area contributed by atoms with Gasteiger partial charge in [0.15, 0.2) is 24.6 Å². The van der Waals surface area contributed by atoms with Crippen LogP contribution in [0.2, 0.25) is 0 Å². The third-order valence-electron chi connectivity index (χ3n) is 3.74. The van der Waals surface area contributed by atoms with E-state index in [0.29, 0.717) is 25.7 Å². The van der Waals surface area contributed by atoms with Gasteiger partial charge in [0.2, 0.25) is 0 Å². The van der Waals surface area contributed by atoms with Crippen LogP contribution in [0, 0.1) is 0 Å². The zero-order chi connectivity index (χ0) is 21.8. The van der Waals surface area contributed by atoms with Crippen LogP contribution in [0.5, 0.6) is 0 Å². The molecule has 0 radical (unpaired) electrons. The molecule has 0 N–H and O–H groups in total. The first-order valence-corrected chi connectivity index (χ1v) is 9.79. The molecule has 0 saturated carbocycles. The standard InChI is InChI=1S/C18H29ClO10/c1-11-15(27-12(2)20)16(28-13(3)21)17(29-14(4)22)18(26-11)25-10-9-24-8-7-23-6-5-19/h11,15-18H,5-10H2,1-4H3/t11-,15-,16?,17+,18?/m0/s1. The van der Waals surface area contributed by atoms with Crippen LogP contribution >= 0.6 is 11.6 Å². The summed E-state index contributed by atoms with van der Waals surface area (Å²) >= 11 is 5.50. The van der Waals surface area contributed by atoms with Crippen LogP contribution in [0.15, 0.2) is 0 Å². The van der Waals surface area contributed by atoms with E-state index in [1.54, 1.807) is 6.92 Å². The first-order valence-electron chi connectivity index (χ1n) is 9.26. The fraction of sp³-hybridized carbons (Fsp3) is 0.833. The van der Waals surface area contributed by atoms with Crippen molar-refractivity contribution in [3.63, 3.8) is 0 Å². The van der Waals surface area contributed by atoms with E-state index < -0.39 is 48.6 Å². The Kier molecular flexibility index (Phi) is 12.1. The molecule has 0 aliphatic carbocycles. The lowest BCUT2D eigenvalue weighted by molar-refractivity contribution is -0.302. The van der Waals surface area contributed by atoms with Crippen molar-refractivity contribution in [2.45, 2.75) is 58.4 Å². The molecule has 1 saturated heterocycles. The number of esters is 3. The fourth-order valence-electron chi connectivity index (χ4n) is 2.70. The van der Waals surface area contributed by atoms with Gasteiger partial charge in [-0.2, -0.15) is 0 Å². The quantitative estimate of drug-likeness (QED) is 0.187. The highest BCUT2D eigenvalue weighted by atomic mass is 35.5. The van der Waals surface area contributed by atoms with Gasteiger partial charge in [0.25, 0.3) is 0 Å². The van der Waals surface area contributed by atoms with Gasteiger partial charge in [-0.1, -0.05) is 0 Å². The zero-order valence-electron chi connectivity index (χ0n) is 17.1. The first kappa shape index (κ1) is 25.6. The van der Waals surface area contributed by atoms with E-state index in [0.717, 1.165) is 0 Å². The Morgan fingerprint density at radius 3 is 1.79 bits per heavy atom. The van der Waals surface area contributed by atoms with E-state index >= 15 is 0 Å². The monoisotopic (exact) mass is 440 g/mol. The Hall–Kier alpha value is -1.46. The predicted octanol–water partition coefficient (Wildman–Crippen LogP) is 0.815. The number of rotatable bonds is 12. The number of hydrogen-bond acceptors (Lipinski definition) is 10. The van der Waals surface area contributed by atoms with Crippen molar-refractivity contribution in [2.75, 3.05) is 38.9 Å². The smallest absolute Gasteiger partial charge is 0.303 e. The first-order chi connectivity index (χ1) is 13.8. The molecule has 0 aromatic carbocycles. The molecule has 11 heteroatoms. The summed E-state index contributed by atoms with van der Waals surface area (Å²) in [6.07, 6.45) is -4.88. The third kappa shape index (κ3) is 9.72. The minimum Gasteiger partial charge on any atom is -0.456 e. The third-order valence-corrected chi connectivity index (χ3v) is 3.89. The van der Waals surface area contributed by atoms with Crippen LogP contribution in [0.4, 0.5) is 0 Å². The summed E-state index contributed by atoms with van der Waals surface area (Å²) in [4.78, 5) is 34.6. The average Bonchev–Trinajstić information content (AvgIpc) is 2.62. The molecule has 2 unspecified atom stereocenters. The van der Waals surface area contributed by atoms with Gasteiger partial charge < -0.3 is 33.2 Å². The second kappa shape index (κ2) is 13.7. The van der Waals surface area contributed by atoms with Crippen LogP contribution in [-0.4, -0.2) is 87.5 Å². The summed E-state index contributed by atoms with van der Waals surface area (Å²) in [5.74, 6) is -1.44. The molecule has 168 valence electrons. The summed E-state index contributed by atoms with van der Waals surface area (Å²) in [5, 5.41) is 0. The Bertz CT molecular complexity index is 529. The molecular weight excluding hydrogens is 412 g/mol. The molecule has 0 bridgehead atoms. The summed E-state index contributed by atoms with van der Waals surface area (Å²) in [7, 11) is 0. The fourth-order valence-corrected chi connectivity index (χ4v) is 2.81. The Labute approximate surface area is 175 Å². The predicted molar refractivity (Wildman–Crippen MR) is 99.3 cm³/mol. The Morgan fingerprint density at radius 2 is 1.24 bits per heavy atom. The highest BCUT2D eigenvalue weighted by Crippen LogP contribution is 2.29. The zero-order valence-corrected chi connectivity index (χ0v) is 17.8. The van der Waals surface area contributed by atoms with Gasteiger partial charge in [-0.05, 0) is 6.92 Å². The number of hydrogen-bond donors (Lipinski definition) is 0. The molecular formula is C18H29ClO10. The molecule has 29 heavy (non-hydrogen) atoms. The van der Waals surface area contributed by atoms with Crippen molar-refractivity contribution in [1.82, 2.24) is 0 Å². The molecule has 1 heterocycles. The average molecular weight is 441 g/mol. The number of ether oxygens (including phenoxy) is 7. The normalized spacial score (nSPS) is 26.6. The van der Waals surface area contributed by atoms with Crippen molar-refractivity contribution in [3.8, 4) is 0 Å². The number of halogens is 1. The van der Waals surface area contributed by atoms with Crippen LogP contribution in [0.1, 0.15) is 27.7 Å². The number of alkyl halides is 1. The van der Waals surface area contributed by atoms with E-state index in [-0.39, 0.29) is 13.2 Å². The molecule has 0 aromatic heterocycles. The van der Waals surface area contributed by atoms with Crippen molar-refractivity contribution < 1.29 is 47.5 Å². The molecule has 1 aliphatic rings. The van der Waals surface area contributed by atoms with E-state index in [4.69, 9.17) is 44.8 Å². The van der Waals surface area contributed by atoms with Crippen molar-refractivity contribution in [1.29, 1.82) is 0 Å². The van der Waals surface area contributed by atoms with E-state index in [1.807, 2.05) is 0 Å². The maximum absolute atomic E-state index is 11.6. The Morgan fingerprint density at radius 1 is 0.759 bits per heavy atom. The highest BCUT2D eigenvalue weighted by molar-refractivity contribution is 6.17.